The Balaban J connectivity index is 1.88. The molecule has 3 aromatic rings. The molecule has 1 aliphatic heterocycles. The predicted molar refractivity (Wildman–Crippen MR) is 118 cm³/mol. The van der Waals surface area contributed by atoms with E-state index in [1.807, 2.05) is 44.6 Å². The SMILES string of the molecule is Cc1c(C(=O)OC(C)C)cc2cc(-c3cncn3C)cn2c1C(C)N1CCNCC1. The molecule has 1 aliphatic rings. The van der Waals surface area contributed by atoms with Crippen LogP contribution in [0.5, 0.6) is 0 Å². The molecule has 4 heterocycles. The van der Waals surface area contributed by atoms with E-state index < -0.39 is 0 Å². The van der Waals surface area contributed by atoms with Crippen LogP contribution in [-0.2, 0) is 11.8 Å². The Hall–Kier alpha value is -2.64. The number of imidazole rings is 1. The average Bonchev–Trinajstić information content (AvgIpc) is 3.32. The maximum atomic E-state index is 12.9. The number of esters is 1. The molecule has 0 spiro atoms. The van der Waals surface area contributed by atoms with Gasteiger partial charge in [-0.15, -0.1) is 0 Å². The van der Waals surface area contributed by atoms with Crippen LogP contribution in [0.3, 0.4) is 0 Å². The number of carbonyl (C=O) groups is 1. The zero-order valence-corrected chi connectivity index (χ0v) is 18.5. The van der Waals surface area contributed by atoms with Crippen molar-refractivity contribution in [2.24, 2.45) is 7.05 Å². The van der Waals surface area contributed by atoms with E-state index >= 15 is 0 Å². The van der Waals surface area contributed by atoms with Crippen LogP contribution >= 0.6 is 0 Å². The number of piperazine rings is 1. The molecular formula is C23H31N5O2. The lowest BCUT2D eigenvalue weighted by atomic mass is 10.0. The molecule has 7 nitrogen and oxygen atoms in total. The molecule has 3 aromatic heterocycles. The van der Waals surface area contributed by atoms with Crippen LogP contribution in [-0.4, -0.2) is 57.1 Å². The predicted octanol–water partition coefficient (Wildman–Crippen LogP) is 3.18. The molecule has 1 unspecified atom stereocenters. The maximum Gasteiger partial charge on any atom is 0.338 e. The summed E-state index contributed by atoms with van der Waals surface area (Å²) in [5.41, 5.74) is 5.87. The van der Waals surface area contributed by atoms with Gasteiger partial charge in [0.25, 0.3) is 0 Å². The highest BCUT2D eigenvalue weighted by atomic mass is 16.5. The second-order valence-electron chi connectivity index (χ2n) is 8.40. The van der Waals surface area contributed by atoms with Gasteiger partial charge in [0.1, 0.15) is 0 Å². The summed E-state index contributed by atoms with van der Waals surface area (Å²) < 4.78 is 9.80. The van der Waals surface area contributed by atoms with Crippen molar-refractivity contribution >= 4 is 11.5 Å². The zero-order valence-electron chi connectivity index (χ0n) is 18.5. The molecule has 30 heavy (non-hydrogen) atoms. The van der Waals surface area contributed by atoms with Crippen LogP contribution < -0.4 is 5.32 Å². The van der Waals surface area contributed by atoms with Gasteiger partial charge < -0.3 is 19.0 Å². The third-order valence-corrected chi connectivity index (χ3v) is 5.96. The molecule has 0 aromatic carbocycles. The number of carbonyl (C=O) groups excluding carboxylic acids is 1. The Morgan fingerprint density at radius 1 is 1.20 bits per heavy atom. The van der Waals surface area contributed by atoms with Crippen molar-refractivity contribution in [3.63, 3.8) is 0 Å². The minimum Gasteiger partial charge on any atom is -0.459 e. The van der Waals surface area contributed by atoms with Gasteiger partial charge in [0.05, 0.1) is 29.9 Å². The number of nitrogens with one attached hydrogen (secondary N) is 1. The van der Waals surface area contributed by atoms with Crippen LogP contribution in [0.1, 0.15) is 48.4 Å². The Kier molecular flexibility index (Phi) is 5.66. The number of aryl methyl sites for hydroxylation is 1. The first-order valence-electron chi connectivity index (χ1n) is 10.6. The Morgan fingerprint density at radius 3 is 2.57 bits per heavy atom. The first-order chi connectivity index (χ1) is 14.4. The maximum absolute atomic E-state index is 12.9. The highest BCUT2D eigenvalue weighted by Crippen LogP contribution is 2.32. The summed E-state index contributed by atoms with van der Waals surface area (Å²) in [6.07, 6.45) is 5.68. The number of rotatable bonds is 5. The van der Waals surface area contributed by atoms with Crippen molar-refractivity contribution < 1.29 is 9.53 Å². The summed E-state index contributed by atoms with van der Waals surface area (Å²) in [6.45, 7) is 12.0. The fourth-order valence-electron chi connectivity index (χ4n) is 4.40. The molecule has 1 atom stereocenters. The van der Waals surface area contributed by atoms with E-state index in [1.54, 1.807) is 6.33 Å². The van der Waals surface area contributed by atoms with E-state index in [2.05, 4.69) is 38.8 Å². The van der Waals surface area contributed by atoms with E-state index in [-0.39, 0.29) is 18.1 Å². The van der Waals surface area contributed by atoms with Gasteiger partial charge in [0, 0.05) is 62.2 Å². The monoisotopic (exact) mass is 409 g/mol. The van der Waals surface area contributed by atoms with Crippen molar-refractivity contribution in [1.82, 2.24) is 24.2 Å². The summed E-state index contributed by atoms with van der Waals surface area (Å²) in [5, 5.41) is 3.42. The normalized spacial score (nSPS) is 16.3. The van der Waals surface area contributed by atoms with Crippen LogP contribution in [0.2, 0.25) is 0 Å². The summed E-state index contributed by atoms with van der Waals surface area (Å²) in [4.78, 5) is 19.6. The standard InChI is InChI=1S/C23H31N5O2/c1-15(2)30-23(29)20-11-19-10-18(21-12-25-14-26(21)5)13-28(19)22(16(20)3)17(4)27-8-6-24-7-9-27/h10-15,17,24H,6-9H2,1-5H3. The van der Waals surface area contributed by atoms with Gasteiger partial charge in [-0.05, 0) is 45.4 Å². The van der Waals surface area contributed by atoms with Gasteiger partial charge in [-0.2, -0.15) is 0 Å². The number of pyridine rings is 1. The lowest BCUT2D eigenvalue weighted by Crippen LogP contribution is -2.45. The van der Waals surface area contributed by atoms with E-state index in [9.17, 15) is 4.79 Å². The van der Waals surface area contributed by atoms with Gasteiger partial charge in [0.15, 0.2) is 0 Å². The highest BCUT2D eigenvalue weighted by molar-refractivity contribution is 5.93. The molecular weight excluding hydrogens is 378 g/mol. The molecule has 160 valence electrons. The van der Waals surface area contributed by atoms with Crippen LogP contribution in [0, 0.1) is 6.92 Å². The van der Waals surface area contributed by atoms with Gasteiger partial charge >= 0.3 is 5.97 Å². The Bertz CT molecular complexity index is 1060. The molecule has 0 aliphatic carbocycles. The Morgan fingerprint density at radius 2 is 1.93 bits per heavy atom. The number of hydrogen-bond acceptors (Lipinski definition) is 5. The lowest BCUT2D eigenvalue weighted by molar-refractivity contribution is 0.0376. The van der Waals surface area contributed by atoms with Gasteiger partial charge in [0.2, 0.25) is 0 Å². The summed E-state index contributed by atoms with van der Waals surface area (Å²) >= 11 is 0. The fourth-order valence-corrected chi connectivity index (χ4v) is 4.40. The van der Waals surface area contributed by atoms with Crippen LogP contribution in [0.4, 0.5) is 0 Å². The quantitative estimate of drug-likeness (QED) is 0.656. The third kappa shape index (κ3) is 3.75. The molecule has 1 fully saturated rings. The van der Waals surface area contributed by atoms with Gasteiger partial charge in [-0.3, -0.25) is 4.90 Å². The van der Waals surface area contributed by atoms with Crippen molar-refractivity contribution in [2.75, 3.05) is 26.2 Å². The molecule has 7 heteroatoms. The molecule has 0 radical (unpaired) electrons. The highest BCUT2D eigenvalue weighted by Gasteiger charge is 2.26. The Labute approximate surface area is 177 Å². The summed E-state index contributed by atoms with van der Waals surface area (Å²) in [5.74, 6) is -0.262. The summed E-state index contributed by atoms with van der Waals surface area (Å²) in [6, 6.07) is 4.25. The minimum atomic E-state index is -0.262. The van der Waals surface area contributed by atoms with E-state index in [0.29, 0.717) is 5.56 Å². The average molecular weight is 410 g/mol. The second kappa shape index (κ2) is 8.24. The van der Waals surface area contributed by atoms with Crippen molar-refractivity contribution in [1.29, 1.82) is 0 Å². The van der Waals surface area contributed by atoms with Crippen molar-refractivity contribution in [3.8, 4) is 11.3 Å². The van der Waals surface area contributed by atoms with Gasteiger partial charge in [-0.25, -0.2) is 9.78 Å². The van der Waals surface area contributed by atoms with Crippen LogP contribution in [0.25, 0.3) is 16.8 Å². The number of hydrogen-bond donors (Lipinski definition) is 1. The molecule has 4 rings (SSSR count). The fraction of sp³-hybridized carbons (Fsp3) is 0.478. The molecule has 0 amide bonds. The van der Waals surface area contributed by atoms with Crippen molar-refractivity contribution in [3.05, 3.63) is 47.7 Å². The van der Waals surface area contributed by atoms with Crippen LogP contribution in [0.15, 0.2) is 30.9 Å². The largest absolute Gasteiger partial charge is 0.459 e. The van der Waals surface area contributed by atoms with Crippen molar-refractivity contribution in [2.45, 2.75) is 39.8 Å². The number of aromatic nitrogens is 3. The lowest BCUT2D eigenvalue weighted by Gasteiger charge is -2.34. The first-order valence-corrected chi connectivity index (χ1v) is 10.6. The number of fused-ring (bicyclic) bond motifs is 1. The van der Waals surface area contributed by atoms with E-state index in [4.69, 9.17) is 4.74 Å². The number of nitrogens with zero attached hydrogens (tertiary/aromatic N) is 4. The number of ether oxygens (including phenoxy) is 1. The topological polar surface area (TPSA) is 63.8 Å². The van der Waals surface area contributed by atoms with E-state index in [0.717, 1.165) is 54.2 Å². The second-order valence-corrected chi connectivity index (χ2v) is 8.40. The zero-order chi connectivity index (χ0) is 21.4. The molecule has 0 saturated carbocycles. The smallest absolute Gasteiger partial charge is 0.338 e. The molecule has 0 bridgehead atoms. The third-order valence-electron chi connectivity index (χ3n) is 5.96. The molecule has 1 N–H and O–H groups in total. The molecule has 1 saturated heterocycles. The van der Waals surface area contributed by atoms with E-state index in [1.165, 1.54) is 0 Å². The first kappa shape index (κ1) is 20.6. The summed E-state index contributed by atoms with van der Waals surface area (Å²) in [7, 11) is 1.99. The van der Waals surface area contributed by atoms with Gasteiger partial charge in [-0.1, -0.05) is 0 Å². The minimum absolute atomic E-state index is 0.154.